The molecule has 0 unspecified atom stereocenters. The third-order valence-corrected chi connectivity index (χ3v) is 1.49. The molecule has 0 amide bonds. The van der Waals surface area contributed by atoms with Crippen molar-refractivity contribution in [3.05, 3.63) is 0 Å². The zero-order valence-electron chi connectivity index (χ0n) is 7.12. The lowest BCUT2D eigenvalue weighted by atomic mass is 10.1. The monoisotopic (exact) mass is 174 g/mol. The Morgan fingerprint density at radius 3 is 2.08 bits per heavy atom. The van der Waals surface area contributed by atoms with Gasteiger partial charge in [0.15, 0.2) is 6.29 Å². The molecule has 0 saturated carbocycles. The molecule has 0 spiro atoms. The van der Waals surface area contributed by atoms with Crippen molar-refractivity contribution in [2.45, 2.75) is 38.9 Å². The minimum atomic E-state index is -1.59. The van der Waals surface area contributed by atoms with Gasteiger partial charge in [0, 0.05) is 19.3 Å². The van der Waals surface area contributed by atoms with Crippen LogP contribution in [-0.2, 0) is 9.59 Å². The fourth-order valence-corrected chi connectivity index (χ4v) is 0.761. The molecular weight excluding hydrogens is 160 g/mol. The van der Waals surface area contributed by atoms with E-state index >= 15 is 0 Å². The quantitative estimate of drug-likeness (QED) is 0.556. The van der Waals surface area contributed by atoms with E-state index in [4.69, 9.17) is 10.2 Å². The largest absolute Gasteiger partial charge is 0.368 e. The minimum absolute atomic E-state index is 0.0239. The van der Waals surface area contributed by atoms with Gasteiger partial charge in [-0.25, -0.2) is 0 Å². The van der Waals surface area contributed by atoms with E-state index in [-0.39, 0.29) is 30.8 Å². The summed E-state index contributed by atoms with van der Waals surface area (Å²) in [7, 11) is 0. The van der Waals surface area contributed by atoms with Crippen molar-refractivity contribution in [1.82, 2.24) is 0 Å². The lowest BCUT2D eigenvalue weighted by molar-refractivity contribution is -0.130. The molecule has 4 heteroatoms. The summed E-state index contributed by atoms with van der Waals surface area (Å²) in [6.07, 6.45) is -1.12. The van der Waals surface area contributed by atoms with Gasteiger partial charge < -0.3 is 10.2 Å². The van der Waals surface area contributed by atoms with E-state index in [2.05, 4.69) is 0 Å². The number of ketones is 2. The molecule has 0 aliphatic rings. The highest BCUT2D eigenvalue weighted by molar-refractivity contribution is 5.85. The first-order valence-electron chi connectivity index (χ1n) is 3.95. The topological polar surface area (TPSA) is 74.6 Å². The fourth-order valence-electron chi connectivity index (χ4n) is 0.761. The van der Waals surface area contributed by atoms with Crippen molar-refractivity contribution in [3.63, 3.8) is 0 Å². The lowest BCUT2D eigenvalue weighted by Gasteiger charge is -2.01. The third kappa shape index (κ3) is 6.00. The van der Waals surface area contributed by atoms with E-state index in [1.165, 1.54) is 0 Å². The van der Waals surface area contributed by atoms with Crippen LogP contribution in [-0.4, -0.2) is 28.1 Å². The van der Waals surface area contributed by atoms with Crippen molar-refractivity contribution in [2.24, 2.45) is 0 Å². The Balaban J connectivity index is 3.51. The maximum absolute atomic E-state index is 10.8. The summed E-state index contributed by atoms with van der Waals surface area (Å²) >= 11 is 0. The molecule has 12 heavy (non-hydrogen) atoms. The van der Waals surface area contributed by atoms with Crippen LogP contribution in [0, 0.1) is 0 Å². The first-order valence-corrected chi connectivity index (χ1v) is 3.95. The molecule has 0 heterocycles. The highest BCUT2D eigenvalue weighted by atomic mass is 16.5. The Kier molecular flexibility index (Phi) is 5.49. The standard InChI is InChI=1S/C8H14O4/c1-2-6(9)3-4-7(10)5-8(11)12/h8,11-12H,2-5H2,1H3. The molecule has 0 aliphatic carbocycles. The molecule has 2 N–H and O–H groups in total. The molecule has 70 valence electrons. The number of hydrogen-bond acceptors (Lipinski definition) is 4. The SMILES string of the molecule is CCC(=O)CCC(=O)CC(O)O. The van der Waals surface area contributed by atoms with Crippen molar-refractivity contribution < 1.29 is 19.8 Å². The summed E-state index contributed by atoms with van der Waals surface area (Å²) in [5.74, 6) is -0.262. The number of aliphatic hydroxyl groups excluding tert-OH is 1. The molecule has 0 bridgehead atoms. The Morgan fingerprint density at radius 2 is 1.67 bits per heavy atom. The summed E-state index contributed by atoms with van der Waals surface area (Å²) in [5, 5.41) is 16.8. The molecule has 0 radical (unpaired) electrons. The third-order valence-electron chi connectivity index (χ3n) is 1.49. The average Bonchev–Trinajstić information content (AvgIpc) is 1.99. The number of aliphatic hydroxyl groups is 2. The van der Waals surface area contributed by atoms with Crippen LogP contribution < -0.4 is 0 Å². The van der Waals surface area contributed by atoms with Crippen LogP contribution in [0.1, 0.15) is 32.6 Å². The van der Waals surface area contributed by atoms with E-state index in [1.807, 2.05) is 0 Å². The van der Waals surface area contributed by atoms with Crippen molar-refractivity contribution in [2.75, 3.05) is 0 Å². The molecule has 4 nitrogen and oxygen atoms in total. The number of carbonyl (C=O) groups excluding carboxylic acids is 2. The second kappa shape index (κ2) is 5.85. The minimum Gasteiger partial charge on any atom is -0.368 e. The van der Waals surface area contributed by atoms with E-state index in [1.54, 1.807) is 6.92 Å². The molecule has 0 fully saturated rings. The lowest BCUT2D eigenvalue weighted by Crippen LogP contribution is -2.13. The number of rotatable bonds is 6. The molecule has 0 aromatic carbocycles. The second-order valence-corrected chi connectivity index (χ2v) is 2.62. The van der Waals surface area contributed by atoms with Crippen molar-refractivity contribution in [3.8, 4) is 0 Å². The van der Waals surface area contributed by atoms with Crippen molar-refractivity contribution >= 4 is 11.6 Å². The molecule has 0 aromatic heterocycles. The van der Waals surface area contributed by atoms with E-state index in [0.29, 0.717) is 6.42 Å². The highest BCUT2D eigenvalue weighted by Crippen LogP contribution is 2.00. The Bertz CT molecular complexity index is 162. The molecule has 0 aliphatic heterocycles. The van der Waals surface area contributed by atoms with E-state index in [0.717, 1.165) is 0 Å². The zero-order valence-corrected chi connectivity index (χ0v) is 7.12. The van der Waals surface area contributed by atoms with E-state index in [9.17, 15) is 9.59 Å². The zero-order chi connectivity index (χ0) is 9.56. The van der Waals surface area contributed by atoms with Gasteiger partial charge in [0.25, 0.3) is 0 Å². The number of hydrogen-bond donors (Lipinski definition) is 2. The second-order valence-electron chi connectivity index (χ2n) is 2.62. The Morgan fingerprint density at radius 1 is 1.17 bits per heavy atom. The highest BCUT2D eigenvalue weighted by Gasteiger charge is 2.08. The maximum Gasteiger partial charge on any atom is 0.158 e. The summed E-state index contributed by atoms with van der Waals surface area (Å²) in [6, 6.07) is 0. The van der Waals surface area contributed by atoms with Gasteiger partial charge >= 0.3 is 0 Å². The van der Waals surface area contributed by atoms with Gasteiger partial charge in [0.2, 0.25) is 0 Å². The van der Waals surface area contributed by atoms with Crippen LogP contribution in [0.15, 0.2) is 0 Å². The van der Waals surface area contributed by atoms with Gasteiger partial charge in [-0.3, -0.25) is 9.59 Å². The molecular formula is C8H14O4. The summed E-state index contributed by atoms with van der Waals surface area (Å²) in [5.41, 5.74) is 0. The number of Topliss-reactive ketones (excluding diaryl/α,β-unsaturated/α-hetero) is 2. The molecule has 0 saturated heterocycles. The van der Waals surface area contributed by atoms with Crippen LogP contribution in [0.25, 0.3) is 0 Å². The summed E-state index contributed by atoms with van der Waals surface area (Å²) < 4.78 is 0. The predicted octanol–water partition coefficient (Wildman–Crippen LogP) is 0.0156. The summed E-state index contributed by atoms with van der Waals surface area (Å²) in [6.45, 7) is 1.73. The van der Waals surface area contributed by atoms with E-state index < -0.39 is 6.29 Å². The van der Waals surface area contributed by atoms with Crippen LogP contribution >= 0.6 is 0 Å². The Hall–Kier alpha value is -0.740. The van der Waals surface area contributed by atoms with Gasteiger partial charge in [0.1, 0.15) is 11.6 Å². The van der Waals surface area contributed by atoms with Gasteiger partial charge in [-0.15, -0.1) is 0 Å². The summed E-state index contributed by atoms with van der Waals surface area (Å²) in [4.78, 5) is 21.5. The smallest absolute Gasteiger partial charge is 0.158 e. The van der Waals surface area contributed by atoms with Crippen molar-refractivity contribution in [1.29, 1.82) is 0 Å². The maximum atomic E-state index is 10.8. The first-order chi connectivity index (χ1) is 5.56. The van der Waals surface area contributed by atoms with Crippen LogP contribution in [0.5, 0.6) is 0 Å². The van der Waals surface area contributed by atoms with Crippen LogP contribution in [0.4, 0.5) is 0 Å². The predicted molar refractivity (Wildman–Crippen MR) is 42.4 cm³/mol. The molecule has 0 rings (SSSR count). The first kappa shape index (κ1) is 11.3. The van der Waals surface area contributed by atoms with Gasteiger partial charge in [-0.2, -0.15) is 0 Å². The normalized spacial score (nSPS) is 10.3. The van der Waals surface area contributed by atoms with Crippen LogP contribution in [0.2, 0.25) is 0 Å². The van der Waals surface area contributed by atoms with Gasteiger partial charge in [0.05, 0.1) is 6.42 Å². The van der Waals surface area contributed by atoms with Crippen LogP contribution in [0.3, 0.4) is 0 Å². The van der Waals surface area contributed by atoms with Gasteiger partial charge in [-0.05, 0) is 0 Å². The Labute approximate surface area is 71.2 Å². The number of carbonyl (C=O) groups is 2. The average molecular weight is 174 g/mol. The van der Waals surface area contributed by atoms with Gasteiger partial charge in [-0.1, -0.05) is 6.92 Å². The fraction of sp³-hybridized carbons (Fsp3) is 0.750. The molecule has 0 atom stereocenters. The molecule has 0 aromatic rings.